The zero-order valence-electron chi connectivity index (χ0n) is 27.9. The number of carbonyl (C=O) groups excluding carboxylic acids is 5. The third-order valence-electron chi connectivity index (χ3n) is 8.30. The Morgan fingerprint density at radius 2 is 1.75 bits per heavy atom. The molecule has 0 aliphatic carbocycles. The van der Waals surface area contributed by atoms with Crippen LogP contribution in [0.5, 0.6) is 0 Å². The van der Waals surface area contributed by atoms with Crippen molar-refractivity contribution in [1.29, 1.82) is 0 Å². The Bertz CT molecular complexity index is 1950. The summed E-state index contributed by atoms with van der Waals surface area (Å²) in [5, 5.41) is 9.00. The predicted molar refractivity (Wildman–Crippen MR) is 174 cm³/mol. The number of imide groups is 2. The summed E-state index contributed by atoms with van der Waals surface area (Å²) in [4.78, 5) is 65.7. The Morgan fingerprint density at radius 3 is 2.35 bits per heavy atom. The van der Waals surface area contributed by atoms with E-state index in [1.807, 2.05) is 4.90 Å². The van der Waals surface area contributed by atoms with E-state index in [1.165, 1.54) is 23.0 Å². The minimum absolute atomic E-state index is 0. The van der Waals surface area contributed by atoms with Gasteiger partial charge in [0, 0.05) is 31.4 Å². The molecule has 1 aromatic heterocycles. The molecule has 3 aromatic rings. The minimum Gasteiger partial charge on any atom is -0.394 e. The van der Waals surface area contributed by atoms with E-state index >= 15 is 0 Å². The molecule has 2 aromatic carbocycles. The van der Waals surface area contributed by atoms with Crippen molar-refractivity contribution in [2.75, 3.05) is 23.3 Å². The number of allylic oxidation sites excluding steroid dienone is 2. The van der Waals surface area contributed by atoms with Crippen molar-refractivity contribution in [3.8, 4) is 11.8 Å². The first-order chi connectivity index (χ1) is 23.6. The summed E-state index contributed by atoms with van der Waals surface area (Å²) in [7, 11) is 0. The number of rotatable bonds is 6. The molecule has 3 aliphatic heterocycles. The van der Waals surface area contributed by atoms with Crippen LogP contribution in [-0.2, 0) is 26.1 Å². The van der Waals surface area contributed by atoms with Gasteiger partial charge in [0.25, 0.3) is 11.8 Å². The number of hydrogen-bond acceptors (Lipinski definition) is 7. The maximum Gasteiger partial charge on any atom is 1.00 e. The van der Waals surface area contributed by atoms with Gasteiger partial charge in [0.15, 0.2) is 0 Å². The normalized spacial score (nSPS) is 17.1. The first kappa shape index (κ1) is 38.8. The fraction of sp³-hybridized carbons (Fsp3) is 0.278. The van der Waals surface area contributed by atoms with Crippen molar-refractivity contribution >= 4 is 40.9 Å². The molecule has 0 saturated carbocycles. The summed E-state index contributed by atoms with van der Waals surface area (Å²) >= 11 is 0. The molecule has 2 saturated heterocycles. The molecular weight excluding hydrogens is 676 g/mol. The van der Waals surface area contributed by atoms with Gasteiger partial charge in [-0.25, -0.2) is 0 Å². The fourth-order valence-electron chi connectivity index (χ4n) is 5.37. The number of piperidine rings is 1. The SMILES string of the molecule is CC(C)(C(=O)Nc1[c-]cc(C(F)(F)F)cc1)n1cc(C#CC2CN(c3ccc4c(c3)C(=O)N(C3CCC(=O)NC3=O)C4=O)C2)cn1.[CH-]=CC=[CH-].[Na+]. The number of nitrogens with one attached hydrogen (secondary N) is 2. The summed E-state index contributed by atoms with van der Waals surface area (Å²) in [5.74, 6) is 3.49. The number of halogens is 3. The molecule has 4 heterocycles. The minimum atomic E-state index is -4.50. The molecule has 11 nitrogen and oxygen atoms in total. The van der Waals surface area contributed by atoms with Crippen molar-refractivity contribution < 1.29 is 66.7 Å². The molecule has 0 spiro atoms. The van der Waals surface area contributed by atoms with Gasteiger partial charge in [-0.2, -0.15) is 36.5 Å². The Morgan fingerprint density at radius 1 is 1.06 bits per heavy atom. The fourth-order valence-corrected chi connectivity index (χ4v) is 5.37. The number of fused-ring (bicyclic) bond motifs is 1. The standard InChI is InChI=1S/C32H26F3N6O5.C4H4.Na/c1-31(2,30(46)37-21-7-5-20(6-8-21)32(33,34)35)40-17-18(14-36-40)3-4-19-15-39(16-19)22-9-10-23-24(13-22)29(45)41(28(23)44)25-11-12-26(42)38-27(25)43;1-3-4-2;/h5-7,9-10,13-14,17,19,25H,11-12,15-16H2,1-2H3,(H,37,46)(H,38,42,43);1-4H;/q-1;-2;+1. The van der Waals surface area contributed by atoms with Gasteiger partial charge in [0.2, 0.25) is 17.7 Å². The van der Waals surface area contributed by atoms with E-state index in [9.17, 15) is 37.1 Å². The van der Waals surface area contributed by atoms with Crippen LogP contribution in [0, 0.1) is 37.0 Å². The number of carbonyl (C=O) groups is 5. The summed E-state index contributed by atoms with van der Waals surface area (Å²) in [6, 6.07) is 9.11. The first-order valence-electron chi connectivity index (χ1n) is 15.3. The zero-order chi connectivity index (χ0) is 36.4. The Labute approximate surface area is 314 Å². The molecule has 15 heteroatoms. The maximum absolute atomic E-state index is 13.1. The Hall–Kier alpha value is -4.97. The van der Waals surface area contributed by atoms with Gasteiger partial charge < -0.3 is 35.5 Å². The van der Waals surface area contributed by atoms with Crippen LogP contribution in [0.1, 0.15) is 58.5 Å². The number of nitrogens with zero attached hydrogens (tertiary/aromatic N) is 4. The van der Waals surface area contributed by atoms with Crippen molar-refractivity contribution in [2.45, 2.75) is 44.4 Å². The van der Waals surface area contributed by atoms with Crippen molar-refractivity contribution in [3.05, 3.63) is 102 Å². The summed E-state index contributed by atoms with van der Waals surface area (Å²) in [6.07, 6.45) is 1.30. The average Bonchev–Trinajstić information content (AvgIpc) is 3.63. The summed E-state index contributed by atoms with van der Waals surface area (Å²) < 4.78 is 39.9. The van der Waals surface area contributed by atoms with E-state index in [0.29, 0.717) is 18.7 Å². The molecule has 5 amide bonds. The molecule has 258 valence electrons. The van der Waals surface area contributed by atoms with E-state index in [4.69, 9.17) is 13.2 Å². The van der Waals surface area contributed by atoms with Gasteiger partial charge in [0.1, 0.15) is 11.6 Å². The second-order valence-corrected chi connectivity index (χ2v) is 12.1. The quantitative estimate of drug-likeness (QED) is 0.128. The van der Waals surface area contributed by atoms with E-state index in [0.717, 1.165) is 28.8 Å². The molecule has 0 radical (unpaired) electrons. The number of anilines is 2. The molecule has 3 aliphatic rings. The third-order valence-corrected chi connectivity index (χ3v) is 8.30. The molecule has 1 unspecified atom stereocenters. The van der Waals surface area contributed by atoms with Crippen LogP contribution < -0.4 is 45.1 Å². The average molecular weight is 707 g/mol. The molecule has 1 atom stereocenters. The maximum atomic E-state index is 13.1. The second-order valence-electron chi connectivity index (χ2n) is 12.1. The largest absolute Gasteiger partial charge is 1.00 e. The third kappa shape index (κ3) is 8.33. The van der Waals surface area contributed by atoms with E-state index in [1.54, 1.807) is 38.2 Å². The van der Waals surface area contributed by atoms with Gasteiger partial charge in [-0.15, -0.1) is 6.07 Å². The van der Waals surface area contributed by atoms with Crippen LogP contribution in [-0.4, -0.2) is 63.3 Å². The molecule has 0 bridgehead atoms. The number of aromatic nitrogens is 2. The van der Waals surface area contributed by atoms with Gasteiger partial charge in [-0.3, -0.25) is 38.9 Å². The smallest absolute Gasteiger partial charge is 0.394 e. The zero-order valence-corrected chi connectivity index (χ0v) is 29.9. The van der Waals surface area contributed by atoms with Crippen LogP contribution in [0.4, 0.5) is 24.5 Å². The van der Waals surface area contributed by atoms with E-state index in [2.05, 4.69) is 33.6 Å². The van der Waals surface area contributed by atoms with E-state index in [-0.39, 0.29) is 65.1 Å². The molecule has 51 heavy (non-hydrogen) atoms. The van der Waals surface area contributed by atoms with Crippen LogP contribution in [0.3, 0.4) is 0 Å². The Kier molecular flexibility index (Phi) is 11.8. The van der Waals surface area contributed by atoms with Crippen LogP contribution in [0.2, 0.25) is 0 Å². The molecule has 6 rings (SSSR count). The van der Waals surface area contributed by atoms with Gasteiger partial charge in [0.05, 0.1) is 28.8 Å². The first-order valence-corrected chi connectivity index (χ1v) is 15.3. The van der Waals surface area contributed by atoms with Crippen molar-refractivity contribution in [3.63, 3.8) is 0 Å². The van der Waals surface area contributed by atoms with Gasteiger partial charge >= 0.3 is 35.7 Å². The predicted octanol–water partition coefficient (Wildman–Crippen LogP) is 0.934. The number of amides is 5. The number of alkyl halides is 3. The molecular formula is C36H30F3N6NaO5-2. The van der Waals surface area contributed by atoms with Crippen LogP contribution in [0.15, 0.2) is 60.9 Å². The van der Waals surface area contributed by atoms with Crippen molar-refractivity contribution in [1.82, 2.24) is 20.0 Å². The van der Waals surface area contributed by atoms with Crippen LogP contribution in [0.25, 0.3) is 0 Å². The van der Waals surface area contributed by atoms with Gasteiger partial charge in [-0.1, -0.05) is 23.1 Å². The number of hydrogen-bond donors (Lipinski definition) is 2. The van der Waals surface area contributed by atoms with E-state index < -0.39 is 52.9 Å². The molecule has 2 fully saturated rings. The molecule has 2 N–H and O–H groups in total. The van der Waals surface area contributed by atoms with Gasteiger partial charge in [-0.05, 0) is 38.5 Å². The van der Waals surface area contributed by atoms with Crippen molar-refractivity contribution in [2.24, 2.45) is 5.92 Å². The number of benzene rings is 2. The second kappa shape index (κ2) is 15.5. The van der Waals surface area contributed by atoms with Crippen LogP contribution >= 0.6 is 0 Å². The Balaban J connectivity index is 0.00000111. The summed E-state index contributed by atoms with van der Waals surface area (Å²) in [6.45, 7) is 13.8. The monoisotopic (exact) mass is 706 g/mol. The summed E-state index contributed by atoms with van der Waals surface area (Å²) in [5.41, 5.74) is -0.252. The topological polar surface area (TPSA) is 134 Å².